The molecule has 0 atom stereocenters. The maximum absolute atomic E-state index is 12.0. The van der Waals surface area contributed by atoms with Gasteiger partial charge in [0.15, 0.2) is 0 Å². The minimum Gasteiger partial charge on any atom is -0.397 e. The van der Waals surface area contributed by atoms with E-state index < -0.39 is 0 Å². The quantitative estimate of drug-likeness (QED) is 0.727. The van der Waals surface area contributed by atoms with Crippen molar-refractivity contribution in [3.63, 3.8) is 0 Å². The number of hydrogen-bond donors (Lipinski definition) is 3. The van der Waals surface area contributed by atoms with Crippen LogP contribution >= 0.6 is 11.3 Å². The molecule has 0 unspecified atom stereocenters. The van der Waals surface area contributed by atoms with Gasteiger partial charge in [0.1, 0.15) is 9.71 Å². The van der Waals surface area contributed by atoms with Crippen LogP contribution in [0.3, 0.4) is 0 Å². The highest BCUT2D eigenvalue weighted by atomic mass is 32.1. The molecule has 0 saturated carbocycles. The van der Waals surface area contributed by atoms with Crippen molar-refractivity contribution in [2.24, 2.45) is 0 Å². The van der Waals surface area contributed by atoms with Crippen molar-refractivity contribution in [2.75, 3.05) is 18.9 Å². The number of aromatic nitrogens is 1. The summed E-state index contributed by atoms with van der Waals surface area (Å²) >= 11 is 1.31. The summed E-state index contributed by atoms with van der Waals surface area (Å²) < 4.78 is 0. The molecule has 0 aliphatic carbocycles. The highest BCUT2D eigenvalue weighted by Crippen LogP contribution is 2.32. The van der Waals surface area contributed by atoms with Crippen LogP contribution in [0.5, 0.6) is 0 Å². The number of unbranched alkanes of at least 4 members (excludes halogenated alkanes) is 1. The average Bonchev–Trinajstić information content (AvgIpc) is 2.71. The zero-order chi connectivity index (χ0) is 13.8. The van der Waals surface area contributed by atoms with Crippen molar-refractivity contribution in [1.29, 1.82) is 0 Å². The zero-order valence-corrected chi connectivity index (χ0v) is 11.6. The van der Waals surface area contributed by atoms with Crippen molar-refractivity contribution < 1.29 is 9.90 Å². The molecular weight excluding hydrogens is 262 g/mol. The van der Waals surface area contributed by atoms with Crippen LogP contribution in [0.25, 0.3) is 10.2 Å². The van der Waals surface area contributed by atoms with Crippen LogP contribution in [0.4, 0.5) is 5.69 Å². The smallest absolute Gasteiger partial charge is 0.263 e. The number of carbonyl (C=O) groups is 1. The average molecular weight is 279 g/mol. The second kappa shape index (κ2) is 5.99. The molecule has 0 aliphatic rings. The number of pyridine rings is 1. The highest BCUT2D eigenvalue weighted by molar-refractivity contribution is 7.21. The Bertz CT molecular complexity index is 595. The van der Waals surface area contributed by atoms with Gasteiger partial charge in [0.05, 0.1) is 5.69 Å². The molecule has 0 aromatic carbocycles. The first kappa shape index (κ1) is 13.8. The number of hydrogen-bond acceptors (Lipinski definition) is 5. The van der Waals surface area contributed by atoms with E-state index in [2.05, 4.69) is 10.3 Å². The molecule has 0 spiro atoms. The number of nitrogens with two attached hydrogens (primary N) is 1. The lowest BCUT2D eigenvalue weighted by atomic mass is 10.2. The fraction of sp³-hybridized carbons (Fsp3) is 0.385. The van der Waals surface area contributed by atoms with E-state index in [1.165, 1.54) is 11.3 Å². The van der Waals surface area contributed by atoms with E-state index in [0.717, 1.165) is 22.3 Å². The molecule has 0 aliphatic heterocycles. The predicted octanol–water partition coefficient (Wildman–Crippen LogP) is 1.69. The number of amides is 1. The largest absolute Gasteiger partial charge is 0.397 e. The molecular formula is C13H17N3O2S. The van der Waals surface area contributed by atoms with E-state index in [-0.39, 0.29) is 12.5 Å². The minimum absolute atomic E-state index is 0.143. The summed E-state index contributed by atoms with van der Waals surface area (Å²) in [7, 11) is 0. The molecule has 0 saturated heterocycles. The number of aliphatic hydroxyl groups excluding tert-OH is 1. The number of aryl methyl sites for hydroxylation is 1. The van der Waals surface area contributed by atoms with Gasteiger partial charge in [0, 0.05) is 24.2 Å². The lowest BCUT2D eigenvalue weighted by Crippen LogP contribution is -2.24. The first-order valence-corrected chi connectivity index (χ1v) is 7.00. The fourth-order valence-electron chi connectivity index (χ4n) is 1.78. The Balaban J connectivity index is 2.15. The molecule has 19 heavy (non-hydrogen) atoms. The Morgan fingerprint density at radius 1 is 1.47 bits per heavy atom. The highest BCUT2D eigenvalue weighted by Gasteiger charge is 2.16. The van der Waals surface area contributed by atoms with Crippen LogP contribution in [-0.2, 0) is 0 Å². The number of thiophene rings is 1. The molecule has 0 fully saturated rings. The van der Waals surface area contributed by atoms with Gasteiger partial charge in [-0.2, -0.15) is 0 Å². The normalized spacial score (nSPS) is 10.8. The van der Waals surface area contributed by atoms with Crippen LogP contribution in [0.1, 0.15) is 28.2 Å². The minimum atomic E-state index is -0.170. The summed E-state index contributed by atoms with van der Waals surface area (Å²) in [5.74, 6) is -0.170. The van der Waals surface area contributed by atoms with E-state index in [0.29, 0.717) is 23.5 Å². The van der Waals surface area contributed by atoms with Gasteiger partial charge in [-0.25, -0.2) is 4.98 Å². The molecule has 0 radical (unpaired) electrons. The van der Waals surface area contributed by atoms with Gasteiger partial charge < -0.3 is 16.2 Å². The first-order chi connectivity index (χ1) is 9.13. The third-order valence-corrected chi connectivity index (χ3v) is 3.92. The Morgan fingerprint density at radius 2 is 2.26 bits per heavy atom. The Hall–Kier alpha value is -1.66. The summed E-state index contributed by atoms with van der Waals surface area (Å²) in [4.78, 5) is 17.7. The zero-order valence-electron chi connectivity index (χ0n) is 10.8. The predicted molar refractivity (Wildman–Crippen MR) is 77.4 cm³/mol. The van der Waals surface area contributed by atoms with Gasteiger partial charge in [0.25, 0.3) is 5.91 Å². The van der Waals surface area contributed by atoms with Gasteiger partial charge in [-0.05, 0) is 31.9 Å². The van der Waals surface area contributed by atoms with Gasteiger partial charge in [0.2, 0.25) is 0 Å². The Labute approximate surface area is 115 Å². The Kier molecular flexibility index (Phi) is 4.34. The number of carbonyl (C=O) groups excluding carboxylic acids is 1. The molecule has 2 rings (SSSR count). The first-order valence-electron chi connectivity index (χ1n) is 6.18. The van der Waals surface area contributed by atoms with Crippen LogP contribution in [0, 0.1) is 6.92 Å². The molecule has 2 aromatic rings. The van der Waals surface area contributed by atoms with Gasteiger partial charge in [-0.1, -0.05) is 0 Å². The maximum Gasteiger partial charge on any atom is 0.263 e. The number of nitrogens with zero attached hydrogens (tertiary/aromatic N) is 1. The van der Waals surface area contributed by atoms with Crippen molar-refractivity contribution in [3.05, 3.63) is 22.7 Å². The van der Waals surface area contributed by atoms with Crippen molar-refractivity contribution >= 4 is 33.1 Å². The summed E-state index contributed by atoms with van der Waals surface area (Å²) in [6.07, 6.45) is 1.44. The second-order valence-electron chi connectivity index (χ2n) is 4.34. The lowest BCUT2D eigenvalue weighted by molar-refractivity contribution is 0.0957. The molecule has 6 heteroatoms. The fourth-order valence-corrected chi connectivity index (χ4v) is 2.83. The van der Waals surface area contributed by atoms with E-state index >= 15 is 0 Å². The van der Waals surface area contributed by atoms with E-state index in [4.69, 9.17) is 10.8 Å². The molecule has 102 valence electrons. The third kappa shape index (κ3) is 3.02. The summed E-state index contributed by atoms with van der Waals surface area (Å²) in [5.41, 5.74) is 7.39. The van der Waals surface area contributed by atoms with Crippen LogP contribution in [0.15, 0.2) is 12.1 Å². The van der Waals surface area contributed by atoms with E-state index in [1.54, 1.807) is 0 Å². The number of nitrogens with one attached hydrogen (secondary N) is 1. The monoisotopic (exact) mass is 279 g/mol. The SMILES string of the molecule is Cc1ccc2c(N)c(C(=O)NCCCCO)sc2n1. The van der Waals surface area contributed by atoms with Gasteiger partial charge in [-0.15, -0.1) is 11.3 Å². The van der Waals surface area contributed by atoms with Gasteiger partial charge in [-0.3, -0.25) is 4.79 Å². The number of nitrogen functional groups attached to an aromatic ring is 1. The van der Waals surface area contributed by atoms with Crippen molar-refractivity contribution in [3.8, 4) is 0 Å². The maximum atomic E-state index is 12.0. The van der Waals surface area contributed by atoms with Crippen molar-refractivity contribution in [1.82, 2.24) is 10.3 Å². The standard InChI is InChI=1S/C13H17N3O2S/c1-8-4-5-9-10(14)11(19-13(9)16-8)12(18)15-6-2-3-7-17/h4-5,17H,2-3,6-7,14H2,1H3,(H,15,18). The molecule has 2 aromatic heterocycles. The number of anilines is 1. The summed E-state index contributed by atoms with van der Waals surface area (Å²) in [5, 5.41) is 12.3. The number of fused-ring (bicyclic) bond motifs is 1. The Morgan fingerprint density at radius 3 is 3.00 bits per heavy atom. The van der Waals surface area contributed by atoms with E-state index in [9.17, 15) is 4.79 Å². The number of aliphatic hydroxyl groups is 1. The van der Waals surface area contributed by atoms with Crippen LogP contribution < -0.4 is 11.1 Å². The topological polar surface area (TPSA) is 88.2 Å². The summed E-state index contributed by atoms with van der Waals surface area (Å²) in [6.45, 7) is 2.59. The molecule has 0 bridgehead atoms. The van der Waals surface area contributed by atoms with Gasteiger partial charge >= 0.3 is 0 Å². The number of rotatable bonds is 5. The van der Waals surface area contributed by atoms with Crippen LogP contribution in [-0.4, -0.2) is 29.1 Å². The third-order valence-electron chi connectivity index (χ3n) is 2.81. The van der Waals surface area contributed by atoms with E-state index in [1.807, 2.05) is 19.1 Å². The molecule has 1 amide bonds. The molecule has 5 nitrogen and oxygen atoms in total. The molecule has 4 N–H and O–H groups in total. The lowest BCUT2D eigenvalue weighted by Gasteiger charge is -2.03. The second-order valence-corrected chi connectivity index (χ2v) is 5.34. The van der Waals surface area contributed by atoms with Crippen LogP contribution in [0.2, 0.25) is 0 Å². The molecule has 2 heterocycles. The van der Waals surface area contributed by atoms with Crippen molar-refractivity contribution in [2.45, 2.75) is 19.8 Å². The summed E-state index contributed by atoms with van der Waals surface area (Å²) in [6, 6.07) is 3.78.